The Morgan fingerprint density at radius 3 is 2.17 bits per heavy atom. The molecule has 0 amide bonds. The van der Waals surface area contributed by atoms with Gasteiger partial charge in [0, 0.05) is 18.1 Å². The number of rotatable bonds is 7. The van der Waals surface area contributed by atoms with Gasteiger partial charge in [0.1, 0.15) is 11.5 Å². The Morgan fingerprint density at radius 2 is 1.66 bits per heavy atom. The van der Waals surface area contributed by atoms with Gasteiger partial charge >= 0.3 is 0 Å². The van der Waals surface area contributed by atoms with Gasteiger partial charge in [0.15, 0.2) is 0 Å². The van der Waals surface area contributed by atoms with E-state index >= 15 is 0 Å². The molecule has 3 N–H and O–H groups in total. The number of phenolic OH excluding ortho intramolecular Hbond substituents is 1. The molecule has 1 aromatic heterocycles. The molecule has 0 fully saturated rings. The largest absolute Gasteiger partial charge is 0.542 e. The number of hydrogen-bond donors (Lipinski definition) is 2. The van der Waals surface area contributed by atoms with Crippen molar-refractivity contribution < 1.29 is 18.0 Å². The van der Waals surface area contributed by atoms with Crippen LogP contribution in [0.3, 0.4) is 0 Å². The highest BCUT2D eigenvalue weighted by atomic mass is 32.2. The van der Waals surface area contributed by atoms with Crippen molar-refractivity contribution in [2.75, 3.05) is 15.8 Å². The summed E-state index contributed by atoms with van der Waals surface area (Å²) < 4.78 is 33.7. The molecule has 9 heteroatoms. The predicted molar refractivity (Wildman–Crippen MR) is 147 cm³/mol. The van der Waals surface area contributed by atoms with Crippen LogP contribution in [0.15, 0.2) is 73.1 Å². The minimum atomic E-state index is -3.48. The van der Waals surface area contributed by atoms with Gasteiger partial charge in [0.05, 0.1) is 18.0 Å². The summed E-state index contributed by atoms with van der Waals surface area (Å²) in [5, 5.41) is 8.71. The van der Waals surface area contributed by atoms with Crippen molar-refractivity contribution in [3.05, 3.63) is 78.6 Å². The number of pyridine rings is 1. The van der Waals surface area contributed by atoms with Crippen molar-refractivity contribution in [3.63, 3.8) is 0 Å². The van der Waals surface area contributed by atoms with Gasteiger partial charge in [0.25, 0.3) is 8.32 Å². The third kappa shape index (κ3) is 8.00. The summed E-state index contributed by atoms with van der Waals surface area (Å²) in [6.45, 7) is 12.7. The zero-order chi connectivity index (χ0) is 26.3. The van der Waals surface area contributed by atoms with Crippen LogP contribution >= 0.6 is 0 Å². The lowest BCUT2D eigenvalue weighted by molar-refractivity contribution is 0.475. The average molecular weight is 516 g/mol. The first kappa shape index (κ1) is 28.2. The van der Waals surface area contributed by atoms with E-state index in [0.717, 1.165) is 5.56 Å². The van der Waals surface area contributed by atoms with E-state index in [-0.39, 0.29) is 23.1 Å². The second-order valence-electron chi connectivity index (χ2n) is 9.69. The van der Waals surface area contributed by atoms with Crippen LogP contribution in [-0.4, -0.2) is 32.6 Å². The normalized spacial score (nSPS) is 11.8. The average Bonchev–Trinajstić information content (AvgIpc) is 2.80. The van der Waals surface area contributed by atoms with Crippen LogP contribution < -0.4 is 14.5 Å². The quantitative estimate of drug-likeness (QED) is 0.234. The number of aromatic hydroxyl groups is 1. The van der Waals surface area contributed by atoms with E-state index in [1.54, 1.807) is 43.6 Å². The molecule has 3 aromatic rings. The van der Waals surface area contributed by atoms with Crippen molar-refractivity contribution in [3.8, 4) is 11.5 Å². The fourth-order valence-corrected chi connectivity index (χ4v) is 4.94. The molecule has 2 aromatic carbocycles. The van der Waals surface area contributed by atoms with Crippen LogP contribution in [0.1, 0.15) is 33.3 Å². The van der Waals surface area contributed by atoms with Gasteiger partial charge < -0.3 is 15.3 Å². The first-order chi connectivity index (χ1) is 16.3. The molecule has 0 radical (unpaired) electrons. The van der Waals surface area contributed by atoms with Crippen molar-refractivity contribution in [2.24, 2.45) is 0 Å². The van der Waals surface area contributed by atoms with Crippen LogP contribution in [0.2, 0.25) is 18.1 Å². The molecule has 190 valence electrons. The van der Waals surface area contributed by atoms with E-state index in [1.165, 1.54) is 4.31 Å². The zero-order valence-electron chi connectivity index (χ0n) is 21.4. The van der Waals surface area contributed by atoms with Crippen LogP contribution in [0.4, 0.5) is 11.4 Å². The summed E-state index contributed by atoms with van der Waals surface area (Å²) in [7, 11) is -5.60. The molecule has 35 heavy (non-hydrogen) atoms. The summed E-state index contributed by atoms with van der Waals surface area (Å²) in [4.78, 5) is 4.11. The molecule has 0 bridgehead atoms. The van der Waals surface area contributed by atoms with Crippen molar-refractivity contribution in [1.82, 2.24) is 4.98 Å². The summed E-state index contributed by atoms with van der Waals surface area (Å²) in [5.74, 6) is 0.881. The maximum atomic E-state index is 12.9. The number of phenols is 1. The van der Waals surface area contributed by atoms with Gasteiger partial charge in [-0.25, -0.2) is 8.42 Å². The van der Waals surface area contributed by atoms with E-state index in [0.29, 0.717) is 17.1 Å². The standard InChI is InChI=1S/C20H30N2O3SSi.C6H7NO/c1-7-26(23,24)22(16-17-11-10-14-21-15-17)18-12-8-9-13-19(18)25-27(5,6)20(2,3)4;7-5-1-3-6(8)4-2-5/h8-15H,7,16H2,1-6H3;1-4,8H,7H2. The van der Waals surface area contributed by atoms with E-state index in [2.05, 4.69) is 38.8 Å². The topological polar surface area (TPSA) is 106 Å². The van der Waals surface area contributed by atoms with Crippen molar-refractivity contribution in [2.45, 2.75) is 52.4 Å². The van der Waals surface area contributed by atoms with Crippen molar-refractivity contribution in [1.29, 1.82) is 0 Å². The van der Waals surface area contributed by atoms with Crippen LogP contribution in [-0.2, 0) is 16.6 Å². The Kier molecular flexibility index (Phi) is 9.34. The monoisotopic (exact) mass is 515 g/mol. The Bertz CT molecular complexity index is 1160. The van der Waals surface area contributed by atoms with Gasteiger partial charge in [0.2, 0.25) is 10.0 Å². The second-order valence-corrected chi connectivity index (χ2v) is 16.6. The summed E-state index contributed by atoms with van der Waals surface area (Å²) in [6, 6.07) is 17.5. The predicted octanol–water partition coefficient (Wildman–Crippen LogP) is 5.80. The molecule has 0 saturated heterocycles. The minimum Gasteiger partial charge on any atom is -0.542 e. The molecule has 0 atom stereocenters. The number of nitrogen functional groups attached to an aromatic ring is 1. The van der Waals surface area contributed by atoms with Gasteiger partial charge in [-0.1, -0.05) is 39.0 Å². The molecule has 0 saturated carbocycles. The summed E-state index contributed by atoms with van der Waals surface area (Å²) in [5.41, 5.74) is 7.39. The fraction of sp³-hybridized carbons (Fsp3) is 0.346. The summed E-state index contributed by atoms with van der Waals surface area (Å²) in [6.07, 6.45) is 3.37. The number of sulfonamides is 1. The van der Waals surface area contributed by atoms with E-state index < -0.39 is 18.3 Å². The van der Waals surface area contributed by atoms with Crippen LogP contribution in [0.5, 0.6) is 11.5 Å². The van der Waals surface area contributed by atoms with Gasteiger partial charge in [-0.05, 0) is 73.1 Å². The fourth-order valence-electron chi connectivity index (χ4n) is 2.80. The minimum absolute atomic E-state index is 0.0118. The van der Waals surface area contributed by atoms with E-state index in [9.17, 15) is 8.42 Å². The first-order valence-corrected chi connectivity index (χ1v) is 16.0. The molecule has 0 aliphatic rings. The maximum Gasteiger partial charge on any atom is 0.250 e. The first-order valence-electron chi connectivity index (χ1n) is 11.5. The van der Waals surface area contributed by atoms with Gasteiger partial charge in [-0.2, -0.15) is 0 Å². The molecule has 0 aliphatic heterocycles. The molecule has 0 spiro atoms. The van der Waals surface area contributed by atoms with Crippen LogP contribution in [0, 0.1) is 0 Å². The smallest absolute Gasteiger partial charge is 0.250 e. The number of nitrogens with zero attached hydrogens (tertiary/aromatic N) is 2. The number of benzene rings is 2. The Labute approximate surface area is 210 Å². The molecule has 0 unspecified atom stereocenters. The number of nitrogens with two attached hydrogens (primary N) is 1. The zero-order valence-corrected chi connectivity index (χ0v) is 23.2. The van der Waals surface area contributed by atoms with Gasteiger partial charge in [-0.3, -0.25) is 9.29 Å². The van der Waals surface area contributed by atoms with Gasteiger partial charge in [-0.15, -0.1) is 0 Å². The highest BCUT2D eigenvalue weighted by molar-refractivity contribution is 7.92. The van der Waals surface area contributed by atoms with E-state index in [1.807, 2.05) is 36.4 Å². The number of anilines is 2. The third-order valence-electron chi connectivity index (χ3n) is 5.95. The molecule has 3 rings (SSSR count). The maximum absolute atomic E-state index is 12.9. The molecule has 0 aliphatic carbocycles. The highest BCUT2D eigenvalue weighted by Crippen LogP contribution is 2.40. The van der Waals surface area contributed by atoms with E-state index in [4.69, 9.17) is 15.3 Å². The molecular weight excluding hydrogens is 478 g/mol. The lowest BCUT2D eigenvalue weighted by atomic mass is 10.2. The second kappa shape index (κ2) is 11.6. The number of hydrogen-bond acceptors (Lipinski definition) is 6. The third-order valence-corrected chi connectivity index (χ3v) is 12.0. The lowest BCUT2D eigenvalue weighted by Crippen LogP contribution is -2.44. The Balaban J connectivity index is 0.000000456. The number of para-hydroxylation sites is 2. The molecule has 1 heterocycles. The van der Waals surface area contributed by atoms with Crippen LogP contribution in [0.25, 0.3) is 0 Å². The Morgan fingerprint density at radius 1 is 1.03 bits per heavy atom. The molecular formula is C26H37N3O4SSi. The van der Waals surface area contributed by atoms with Crippen molar-refractivity contribution >= 4 is 29.7 Å². The SMILES string of the molecule is CCS(=O)(=O)N(Cc1cccnc1)c1ccccc1O[Si](C)(C)C(C)(C)C.Nc1ccc(O)cc1. The molecule has 7 nitrogen and oxygen atoms in total. The lowest BCUT2D eigenvalue weighted by Gasteiger charge is -2.38. The Hall–Kier alpha value is -3.04. The summed E-state index contributed by atoms with van der Waals surface area (Å²) >= 11 is 0. The number of aromatic nitrogens is 1. The highest BCUT2D eigenvalue weighted by Gasteiger charge is 2.40.